The van der Waals surface area contributed by atoms with Crippen LogP contribution < -0.4 is 0 Å². The van der Waals surface area contributed by atoms with E-state index in [0.717, 1.165) is 45.0 Å². The number of carboxylic acid groups (broad SMARTS) is 1. The molecule has 2 aromatic rings. The molecule has 0 radical (unpaired) electrons. The molecule has 1 unspecified atom stereocenters. The highest BCUT2D eigenvalue weighted by Gasteiger charge is 2.34. The first-order valence-electron chi connectivity index (χ1n) is 16.2. The summed E-state index contributed by atoms with van der Waals surface area (Å²) < 4.78 is 62.1. The van der Waals surface area contributed by atoms with Crippen LogP contribution in [0.25, 0.3) is 0 Å². The van der Waals surface area contributed by atoms with Crippen LogP contribution in [-0.4, -0.2) is 72.7 Å². The number of halogens is 5. The Morgan fingerprint density at radius 3 is 2.40 bits per heavy atom. The summed E-state index contributed by atoms with van der Waals surface area (Å²) in [7, 11) is 1.72. The second-order valence-corrected chi connectivity index (χ2v) is 13.6. The van der Waals surface area contributed by atoms with Crippen LogP contribution >= 0.6 is 11.6 Å². The number of likely N-dealkylation sites (tertiary alicyclic amines) is 1. The maximum Gasteiger partial charge on any atom is 0.325 e. The number of aryl methyl sites for hydroxylation is 1. The van der Waals surface area contributed by atoms with Gasteiger partial charge in [0.2, 0.25) is 0 Å². The van der Waals surface area contributed by atoms with Gasteiger partial charge >= 0.3 is 5.97 Å². The lowest BCUT2D eigenvalue weighted by atomic mass is 9.77. The molecule has 45 heavy (non-hydrogen) atoms. The molecule has 0 aromatic heterocycles. The third kappa shape index (κ3) is 10.1. The van der Waals surface area contributed by atoms with Gasteiger partial charge < -0.3 is 14.7 Å². The van der Waals surface area contributed by atoms with E-state index in [2.05, 4.69) is 4.90 Å². The molecule has 1 heterocycles. The first-order valence-corrected chi connectivity index (χ1v) is 16.6. The Balaban J connectivity index is 1.53. The monoisotopic (exact) mass is 654 g/mol. The van der Waals surface area contributed by atoms with E-state index in [1.165, 1.54) is 30.7 Å². The zero-order valence-corrected chi connectivity index (χ0v) is 27.4. The molecule has 2 aromatic carbocycles. The molecular formula is C35H47ClF4N2O3. The smallest absolute Gasteiger partial charge is 0.325 e. The average Bonchev–Trinajstić information content (AvgIpc) is 2.98. The molecule has 5 nitrogen and oxygen atoms in total. The minimum atomic E-state index is -2.90. The number of aliphatic carboxylic acids is 1. The largest absolute Gasteiger partial charge is 0.480 e. The predicted octanol–water partition coefficient (Wildman–Crippen LogP) is 8.73. The number of benzene rings is 2. The molecule has 4 rings (SSSR count). The van der Waals surface area contributed by atoms with Gasteiger partial charge in [-0.15, -0.1) is 0 Å². The molecule has 0 spiro atoms. The lowest BCUT2D eigenvalue weighted by Gasteiger charge is -2.34. The molecular weight excluding hydrogens is 608 g/mol. The summed E-state index contributed by atoms with van der Waals surface area (Å²) in [6.07, 6.45) is 6.83. The number of hydrogen-bond acceptors (Lipinski definition) is 4. The number of piperidine rings is 1. The fourth-order valence-electron chi connectivity index (χ4n) is 7.20. The van der Waals surface area contributed by atoms with Crippen molar-refractivity contribution in [1.29, 1.82) is 0 Å². The van der Waals surface area contributed by atoms with E-state index in [-0.39, 0.29) is 23.8 Å². The fraction of sp³-hybridized carbons (Fsp3) is 0.629. The Labute approximate surface area is 269 Å². The number of carboxylic acids is 1. The number of likely N-dealkylation sites (N-methyl/N-ethyl adjacent to an activating group) is 1. The van der Waals surface area contributed by atoms with Gasteiger partial charge in [0, 0.05) is 11.9 Å². The van der Waals surface area contributed by atoms with Crippen LogP contribution in [0.3, 0.4) is 0 Å². The van der Waals surface area contributed by atoms with Crippen LogP contribution in [0, 0.1) is 18.6 Å². The van der Waals surface area contributed by atoms with Gasteiger partial charge in [-0.3, -0.25) is 9.69 Å². The van der Waals surface area contributed by atoms with Crippen LogP contribution in [0.15, 0.2) is 30.3 Å². The molecule has 1 aliphatic heterocycles. The molecule has 2 atom stereocenters. The van der Waals surface area contributed by atoms with Crippen molar-refractivity contribution in [2.45, 2.75) is 102 Å². The maximum absolute atomic E-state index is 15.1. The third-order valence-corrected chi connectivity index (χ3v) is 9.71. The molecule has 0 bridgehead atoms. The maximum atomic E-state index is 15.1. The van der Waals surface area contributed by atoms with Crippen molar-refractivity contribution in [3.05, 3.63) is 69.2 Å². The highest BCUT2D eigenvalue weighted by molar-refractivity contribution is 6.30. The number of hydrogen-bond donors (Lipinski definition) is 1. The summed E-state index contributed by atoms with van der Waals surface area (Å²) >= 11 is 6.27. The van der Waals surface area contributed by atoms with Crippen molar-refractivity contribution >= 4 is 17.6 Å². The number of carbonyl (C=O) groups is 1. The summed E-state index contributed by atoms with van der Waals surface area (Å²) in [4.78, 5) is 17.0. The van der Waals surface area contributed by atoms with Crippen LogP contribution in [0.4, 0.5) is 17.6 Å². The standard InChI is InChI=1S/C35H47ClF4N2O3/c1-23-19-27(37)21-30(32(23)25-7-10-28(11-8-25)45-22-35(2,39)40)33(34(43)44)41(3)17-13-24(14-18-42-15-5-4-6-16-42)29-20-26(36)9-12-31(29)38/h9,12,19-21,24-25,28,33H,4-8,10-11,13-18,22H2,1-3H3,(H,43,44)/t24-,25?,28?,33?/m1/s1. The first-order chi connectivity index (χ1) is 21.3. The zero-order valence-electron chi connectivity index (χ0n) is 26.6. The molecule has 1 aliphatic carbocycles. The number of nitrogens with zero attached hydrogens (tertiary/aromatic N) is 2. The van der Waals surface area contributed by atoms with Crippen LogP contribution in [-0.2, 0) is 9.53 Å². The van der Waals surface area contributed by atoms with Crippen molar-refractivity contribution in [3.63, 3.8) is 0 Å². The number of alkyl halides is 2. The lowest BCUT2D eigenvalue weighted by molar-refractivity contribution is -0.143. The molecule has 1 saturated heterocycles. The Bertz CT molecular complexity index is 1280. The predicted molar refractivity (Wildman–Crippen MR) is 169 cm³/mol. The van der Waals surface area contributed by atoms with Gasteiger partial charge in [-0.05, 0) is 156 Å². The summed E-state index contributed by atoms with van der Waals surface area (Å²) in [5, 5.41) is 10.9. The Kier molecular flexibility index (Phi) is 12.7. The van der Waals surface area contributed by atoms with Crippen molar-refractivity contribution in [2.24, 2.45) is 0 Å². The van der Waals surface area contributed by atoms with Gasteiger partial charge in [0.1, 0.15) is 24.3 Å². The van der Waals surface area contributed by atoms with Crippen molar-refractivity contribution in [1.82, 2.24) is 9.80 Å². The molecule has 1 N–H and O–H groups in total. The fourth-order valence-corrected chi connectivity index (χ4v) is 7.38. The van der Waals surface area contributed by atoms with Gasteiger partial charge in [-0.1, -0.05) is 18.0 Å². The van der Waals surface area contributed by atoms with E-state index in [1.54, 1.807) is 24.9 Å². The SMILES string of the molecule is Cc1cc(F)cc(C(C(=O)O)N(C)CC[C@H](CCN2CCCCC2)c2cc(Cl)ccc2F)c1C1CCC(OCC(C)(F)F)CC1. The second-order valence-electron chi connectivity index (χ2n) is 13.1. The Hall–Kier alpha value is -2.20. The quantitative estimate of drug-likeness (QED) is 0.207. The van der Waals surface area contributed by atoms with E-state index in [1.807, 2.05) is 0 Å². The minimum absolute atomic E-state index is 0.0457. The Morgan fingerprint density at radius 1 is 1.07 bits per heavy atom. The molecule has 10 heteroatoms. The zero-order chi connectivity index (χ0) is 32.7. The van der Waals surface area contributed by atoms with Crippen molar-refractivity contribution < 1.29 is 32.2 Å². The van der Waals surface area contributed by atoms with E-state index in [0.29, 0.717) is 66.8 Å². The van der Waals surface area contributed by atoms with Crippen LogP contribution in [0.1, 0.15) is 105 Å². The van der Waals surface area contributed by atoms with Crippen molar-refractivity contribution in [2.75, 3.05) is 39.8 Å². The van der Waals surface area contributed by atoms with Gasteiger partial charge in [0.15, 0.2) is 0 Å². The summed E-state index contributed by atoms with van der Waals surface area (Å²) in [6.45, 7) is 5.19. The van der Waals surface area contributed by atoms with Gasteiger partial charge in [0.05, 0.1) is 6.10 Å². The third-order valence-electron chi connectivity index (χ3n) is 9.48. The van der Waals surface area contributed by atoms with Gasteiger partial charge in [-0.2, -0.15) is 0 Å². The van der Waals surface area contributed by atoms with E-state index in [4.69, 9.17) is 16.3 Å². The molecule has 2 fully saturated rings. The van der Waals surface area contributed by atoms with E-state index < -0.39 is 30.4 Å². The Morgan fingerprint density at radius 2 is 1.76 bits per heavy atom. The van der Waals surface area contributed by atoms with E-state index >= 15 is 4.39 Å². The molecule has 1 saturated carbocycles. The lowest BCUT2D eigenvalue weighted by Crippen LogP contribution is -2.35. The normalized spacial score (nSPS) is 21.2. The molecule has 250 valence electrons. The van der Waals surface area contributed by atoms with Crippen molar-refractivity contribution in [3.8, 4) is 0 Å². The number of ether oxygens (including phenoxy) is 1. The summed E-state index contributed by atoms with van der Waals surface area (Å²) in [5.74, 6) is -5.05. The summed E-state index contributed by atoms with van der Waals surface area (Å²) in [5.41, 5.74) is 2.42. The molecule has 2 aliphatic rings. The van der Waals surface area contributed by atoms with Gasteiger partial charge in [-0.25, -0.2) is 17.6 Å². The minimum Gasteiger partial charge on any atom is -0.480 e. The topological polar surface area (TPSA) is 53.0 Å². The van der Waals surface area contributed by atoms with Crippen LogP contribution in [0.2, 0.25) is 5.02 Å². The highest BCUT2D eigenvalue weighted by Crippen LogP contribution is 2.41. The van der Waals surface area contributed by atoms with E-state index in [9.17, 15) is 23.1 Å². The highest BCUT2D eigenvalue weighted by atomic mass is 35.5. The molecule has 0 amide bonds. The second kappa shape index (κ2) is 16.1. The van der Waals surface area contributed by atoms with Crippen LogP contribution in [0.5, 0.6) is 0 Å². The van der Waals surface area contributed by atoms with Gasteiger partial charge in [0.25, 0.3) is 5.92 Å². The first kappa shape index (κ1) is 35.7. The average molecular weight is 655 g/mol. The number of rotatable bonds is 14. The summed E-state index contributed by atoms with van der Waals surface area (Å²) in [6, 6.07) is 6.21.